The first-order valence-corrected chi connectivity index (χ1v) is 8.33. The van der Waals surface area contributed by atoms with E-state index in [1.807, 2.05) is 30.1 Å². The second-order valence-electron chi connectivity index (χ2n) is 6.00. The van der Waals surface area contributed by atoms with Crippen molar-refractivity contribution in [2.45, 2.75) is 13.3 Å². The summed E-state index contributed by atoms with van der Waals surface area (Å²) in [6, 6.07) is 12.5. The number of nitrogens with one attached hydrogen (secondary N) is 1. The van der Waals surface area contributed by atoms with E-state index in [1.165, 1.54) is 5.56 Å². The Morgan fingerprint density at radius 1 is 0.960 bits per heavy atom. The van der Waals surface area contributed by atoms with Gasteiger partial charge >= 0.3 is 0 Å². The number of benzene rings is 1. The molecule has 0 atom stereocenters. The van der Waals surface area contributed by atoms with Gasteiger partial charge in [-0.2, -0.15) is 10.2 Å². The van der Waals surface area contributed by atoms with E-state index in [4.69, 9.17) is 0 Å². The van der Waals surface area contributed by atoms with Gasteiger partial charge in [-0.25, -0.2) is 0 Å². The Morgan fingerprint density at radius 3 is 2.40 bits per heavy atom. The molecule has 1 N–H and O–H groups in total. The second-order valence-corrected chi connectivity index (χ2v) is 6.00. The van der Waals surface area contributed by atoms with Crippen molar-refractivity contribution < 1.29 is 0 Å². The van der Waals surface area contributed by atoms with Gasteiger partial charge in [0, 0.05) is 36.8 Å². The van der Waals surface area contributed by atoms with Crippen LogP contribution in [-0.2, 0) is 13.5 Å². The highest BCUT2D eigenvalue weighted by Crippen LogP contribution is 2.32. The Morgan fingerprint density at radius 2 is 1.68 bits per heavy atom. The Hall–Kier alpha value is -3.21. The van der Waals surface area contributed by atoms with Crippen molar-refractivity contribution >= 4 is 0 Å². The summed E-state index contributed by atoms with van der Waals surface area (Å²) in [5, 5.41) is 11.9. The van der Waals surface area contributed by atoms with Gasteiger partial charge in [0.15, 0.2) is 0 Å². The molecule has 0 amide bonds. The number of H-pyrrole nitrogens is 1. The molecular formula is C20H19N5. The fourth-order valence-corrected chi connectivity index (χ4v) is 3.07. The van der Waals surface area contributed by atoms with Gasteiger partial charge in [-0.15, -0.1) is 0 Å². The standard InChI is InChI=1S/C20H19N5/c1-3-14-12-22-23-19(14)16-6-4-15(5-7-16)18-13-25(2)24-20(18)17-8-10-21-11-9-17/h4-13H,3H2,1-2H3,(H,22,23). The maximum atomic E-state index is 4.63. The van der Waals surface area contributed by atoms with Crippen LogP contribution in [0.15, 0.2) is 61.2 Å². The average Bonchev–Trinajstić information content (AvgIpc) is 3.29. The highest BCUT2D eigenvalue weighted by atomic mass is 15.3. The van der Waals surface area contributed by atoms with E-state index in [-0.39, 0.29) is 0 Å². The smallest absolute Gasteiger partial charge is 0.100 e. The molecule has 0 bridgehead atoms. The molecule has 0 spiro atoms. The molecule has 4 rings (SSSR count). The van der Waals surface area contributed by atoms with Crippen molar-refractivity contribution in [3.63, 3.8) is 0 Å². The molecule has 0 unspecified atom stereocenters. The number of pyridine rings is 1. The molecule has 25 heavy (non-hydrogen) atoms. The molecule has 5 nitrogen and oxygen atoms in total. The van der Waals surface area contributed by atoms with Crippen LogP contribution in [0.25, 0.3) is 33.6 Å². The number of hydrogen-bond donors (Lipinski definition) is 1. The van der Waals surface area contributed by atoms with E-state index in [0.717, 1.165) is 40.1 Å². The maximum absolute atomic E-state index is 4.63. The number of nitrogens with zero attached hydrogens (tertiary/aromatic N) is 4. The summed E-state index contributed by atoms with van der Waals surface area (Å²) in [6.45, 7) is 2.14. The summed E-state index contributed by atoms with van der Waals surface area (Å²) in [5.41, 5.74) is 7.75. The number of rotatable bonds is 4. The lowest BCUT2D eigenvalue weighted by Crippen LogP contribution is -1.88. The predicted octanol–water partition coefficient (Wildman–Crippen LogP) is 4.10. The molecule has 0 aliphatic heterocycles. The zero-order chi connectivity index (χ0) is 17.2. The molecule has 0 aliphatic carbocycles. The summed E-state index contributed by atoms with van der Waals surface area (Å²) < 4.78 is 1.85. The molecular weight excluding hydrogens is 310 g/mol. The van der Waals surface area contributed by atoms with Gasteiger partial charge in [0.25, 0.3) is 0 Å². The lowest BCUT2D eigenvalue weighted by Gasteiger charge is -2.05. The molecule has 0 fully saturated rings. The summed E-state index contributed by atoms with van der Waals surface area (Å²) >= 11 is 0. The summed E-state index contributed by atoms with van der Waals surface area (Å²) in [5.74, 6) is 0. The molecule has 3 heterocycles. The van der Waals surface area contributed by atoms with Gasteiger partial charge in [-0.3, -0.25) is 14.8 Å². The van der Waals surface area contributed by atoms with Gasteiger partial charge in [0.1, 0.15) is 5.69 Å². The fraction of sp³-hybridized carbons (Fsp3) is 0.150. The lowest BCUT2D eigenvalue weighted by atomic mass is 9.99. The zero-order valence-electron chi connectivity index (χ0n) is 14.3. The number of aryl methyl sites for hydroxylation is 2. The number of hydrogen-bond acceptors (Lipinski definition) is 3. The van der Waals surface area contributed by atoms with Crippen LogP contribution in [0.4, 0.5) is 0 Å². The largest absolute Gasteiger partial charge is 0.278 e. The van der Waals surface area contributed by atoms with Crippen molar-refractivity contribution in [2.24, 2.45) is 7.05 Å². The minimum atomic E-state index is 0.961. The highest BCUT2D eigenvalue weighted by molar-refractivity contribution is 5.81. The quantitative estimate of drug-likeness (QED) is 0.613. The fourth-order valence-electron chi connectivity index (χ4n) is 3.07. The lowest BCUT2D eigenvalue weighted by molar-refractivity contribution is 0.771. The Kier molecular flexibility index (Phi) is 3.90. The SMILES string of the molecule is CCc1cn[nH]c1-c1ccc(-c2cn(C)nc2-c2ccncc2)cc1. The normalized spacial score (nSPS) is 11.0. The van der Waals surface area contributed by atoms with Crippen LogP contribution in [0, 0.1) is 0 Å². The van der Waals surface area contributed by atoms with Crippen molar-refractivity contribution in [1.82, 2.24) is 25.0 Å². The summed E-state index contributed by atoms with van der Waals surface area (Å²) in [7, 11) is 1.95. The monoisotopic (exact) mass is 329 g/mol. The third-order valence-electron chi connectivity index (χ3n) is 4.37. The van der Waals surface area contributed by atoms with Gasteiger partial charge in [-0.05, 0) is 35.2 Å². The molecule has 3 aromatic heterocycles. The zero-order valence-corrected chi connectivity index (χ0v) is 14.3. The number of aromatic amines is 1. The van der Waals surface area contributed by atoms with Crippen molar-refractivity contribution in [2.75, 3.05) is 0 Å². The molecule has 0 aliphatic rings. The van der Waals surface area contributed by atoms with E-state index < -0.39 is 0 Å². The third-order valence-corrected chi connectivity index (χ3v) is 4.37. The molecule has 0 saturated heterocycles. The van der Waals surface area contributed by atoms with E-state index in [9.17, 15) is 0 Å². The van der Waals surface area contributed by atoms with Crippen LogP contribution in [0.3, 0.4) is 0 Å². The van der Waals surface area contributed by atoms with Crippen LogP contribution in [-0.4, -0.2) is 25.0 Å². The number of aromatic nitrogens is 5. The Labute approximate surface area is 146 Å². The van der Waals surface area contributed by atoms with Crippen LogP contribution < -0.4 is 0 Å². The van der Waals surface area contributed by atoms with E-state index >= 15 is 0 Å². The molecule has 5 heteroatoms. The van der Waals surface area contributed by atoms with E-state index in [0.29, 0.717) is 0 Å². The first-order valence-electron chi connectivity index (χ1n) is 8.33. The van der Waals surface area contributed by atoms with E-state index in [2.05, 4.69) is 57.7 Å². The minimum absolute atomic E-state index is 0.961. The van der Waals surface area contributed by atoms with Crippen molar-refractivity contribution in [3.05, 3.63) is 66.7 Å². The molecule has 0 radical (unpaired) electrons. The van der Waals surface area contributed by atoms with E-state index in [1.54, 1.807) is 12.4 Å². The second kappa shape index (κ2) is 6.36. The first kappa shape index (κ1) is 15.3. The summed E-state index contributed by atoms with van der Waals surface area (Å²) in [4.78, 5) is 4.09. The third kappa shape index (κ3) is 2.85. The topological polar surface area (TPSA) is 59.4 Å². The van der Waals surface area contributed by atoms with Gasteiger partial charge in [0.2, 0.25) is 0 Å². The van der Waals surface area contributed by atoms with Crippen LogP contribution in [0.1, 0.15) is 12.5 Å². The summed E-state index contributed by atoms with van der Waals surface area (Å²) in [6.07, 6.45) is 8.50. The Balaban J connectivity index is 1.74. The van der Waals surface area contributed by atoms with Gasteiger partial charge in [-0.1, -0.05) is 31.2 Å². The molecule has 4 aromatic rings. The van der Waals surface area contributed by atoms with Gasteiger partial charge < -0.3 is 0 Å². The van der Waals surface area contributed by atoms with Crippen molar-refractivity contribution in [3.8, 4) is 33.6 Å². The van der Waals surface area contributed by atoms with Crippen molar-refractivity contribution in [1.29, 1.82) is 0 Å². The highest BCUT2D eigenvalue weighted by Gasteiger charge is 2.13. The average molecular weight is 329 g/mol. The first-order chi connectivity index (χ1) is 12.3. The molecule has 0 saturated carbocycles. The van der Waals surface area contributed by atoms with Crippen LogP contribution in [0.5, 0.6) is 0 Å². The minimum Gasteiger partial charge on any atom is -0.278 e. The van der Waals surface area contributed by atoms with Crippen LogP contribution >= 0.6 is 0 Å². The Bertz CT molecular complexity index is 981. The van der Waals surface area contributed by atoms with Gasteiger partial charge in [0.05, 0.1) is 11.9 Å². The molecule has 1 aromatic carbocycles. The van der Waals surface area contributed by atoms with Crippen LogP contribution in [0.2, 0.25) is 0 Å². The molecule has 124 valence electrons. The maximum Gasteiger partial charge on any atom is 0.100 e. The predicted molar refractivity (Wildman–Crippen MR) is 98.8 cm³/mol.